The molecule has 0 fully saturated rings. The zero-order chi connectivity index (χ0) is 31.4. The molecule has 0 saturated heterocycles. The molecule has 0 bridgehead atoms. The van der Waals surface area contributed by atoms with Crippen LogP contribution in [-0.2, 0) is 14.2 Å². The molecule has 9 nitrogen and oxygen atoms in total. The Balaban J connectivity index is 1.25. The molecule has 0 saturated carbocycles. The molecule has 0 amide bonds. The number of hydrogen-bond donors (Lipinski definition) is 0. The molecule has 0 radical (unpaired) electrons. The van der Waals surface area contributed by atoms with E-state index in [0.29, 0.717) is 37.5 Å². The zero-order valence-corrected chi connectivity index (χ0v) is 26.5. The maximum atomic E-state index is 5.81. The van der Waals surface area contributed by atoms with Gasteiger partial charge >= 0.3 is 0 Å². The number of aromatic nitrogens is 3. The van der Waals surface area contributed by atoms with Crippen molar-refractivity contribution in [3.05, 3.63) is 90.3 Å². The van der Waals surface area contributed by atoms with Crippen LogP contribution >= 0.6 is 0 Å². The van der Waals surface area contributed by atoms with E-state index in [0.717, 1.165) is 50.5 Å². The predicted molar refractivity (Wildman–Crippen MR) is 176 cm³/mol. The van der Waals surface area contributed by atoms with E-state index in [2.05, 4.69) is 51.4 Å². The van der Waals surface area contributed by atoms with Gasteiger partial charge in [-0.1, -0.05) is 18.2 Å². The number of rotatable bonds is 6. The van der Waals surface area contributed by atoms with Crippen molar-refractivity contribution in [3.8, 4) is 33.4 Å². The second-order valence-corrected chi connectivity index (χ2v) is 13.6. The van der Waals surface area contributed by atoms with Gasteiger partial charge in [-0.15, -0.1) is 0 Å². The molecular formula is C36H36N6O3. The van der Waals surface area contributed by atoms with Crippen molar-refractivity contribution in [2.24, 2.45) is 15.0 Å². The van der Waals surface area contributed by atoms with Crippen LogP contribution in [0.1, 0.15) is 58.6 Å². The Hall–Kier alpha value is -4.92. The quantitative estimate of drug-likeness (QED) is 0.249. The Morgan fingerprint density at radius 3 is 0.911 bits per heavy atom. The van der Waals surface area contributed by atoms with Crippen LogP contribution in [0.3, 0.4) is 0 Å². The maximum Gasteiger partial charge on any atom is 0.236 e. The lowest BCUT2D eigenvalue weighted by Crippen LogP contribution is -2.17. The largest absolute Gasteiger partial charge is 0.474 e. The standard InChI is InChI=1S/C36H36N6O3/c1-34(2)19-43-31(40-34)28-10-7-22(16-37-28)25-13-26(23-8-11-29(38-17-23)32-41-35(3,4)20-44-32)15-27(14-25)24-9-12-30(39-18-24)33-42-36(5,6)21-45-33/h7-18H,19-21H2,1-6H3. The van der Waals surface area contributed by atoms with Gasteiger partial charge in [-0.2, -0.15) is 0 Å². The zero-order valence-electron chi connectivity index (χ0n) is 26.5. The lowest BCUT2D eigenvalue weighted by Gasteiger charge is -2.12. The Morgan fingerprint density at radius 1 is 0.422 bits per heavy atom. The van der Waals surface area contributed by atoms with Crippen LogP contribution in [0.15, 0.2) is 88.2 Å². The second kappa shape index (κ2) is 10.6. The fourth-order valence-corrected chi connectivity index (χ4v) is 5.35. The average molecular weight is 601 g/mol. The number of benzene rings is 1. The highest BCUT2D eigenvalue weighted by atomic mass is 16.5. The van der Waals surface area contributed by atoms with E-state index in [1.54, 1.807) is 0 Å². The van der Waals surface area contributed by atoms with Gasteiger partial charge in [0.15, 0.2) is 0 Å². The Morgan fingerprint density at radius 2 is 0.711 bits per heavy atom. The van der Waals surface area contributed by atoms with Crippen LogP contribution in [-0.4, -0.2) is 69.1 Å². The fourth-order valence-electron chi connectivity index (χ4n) is 5.35. The first-order valence-corrected chi connectivity index (χ1v) is 15.2. The first kappa shape index (κ1) is 28.8. The highest BCUT2D eigenvalue weighted by Crippen LogP contribution is 2.33. The van der Waals surface area contributed by atoms with Crippen LogP contribution < -0.4 is 0 Å². The summed E-state index contributed by atoms with van der Waals surface area (Å²) < 4.78 is 17.4. The van der Waals surface area contributed by atoms with E-state index in [1.807, 2.05) is 78.3 Å². The van der Waals surface area contributed by atoms with E-state index in [4.69, 9.17) is 29.2 Å². The molecular weight excluding hydrogens is 564 g/mol. The molecule has 45 heavy (non-hydrogen) atoms. The second-order valence-electron chi connectivity index (χ2n) is 13.6. The van der Waals surface area contributed by atoms with Gasteiger partial charge in [0.1, 0.15) is 36.9 Å². The summed E-state index contributed by atoms with van der Waals surface area (Å²) in [4.78, 5) is 28.1. The number of pyridine rings is 3. The lowest BCUT2D eigenvalue weighted by molar-refractivity contribution is 0.279. The lowest BCUT2D eigenvalue weighted by atomic mass is 9.94. The topological polar surface area (TPSA) is 103 Å². The number of aliphatic imine (C=N–C) groups is 3. The summed E-state index contributed by atoms with van der Waals surface area (Å²) in [5.41, 5.74) is 7.39. The maximum absolute atomic E-state index is 5.81. The first-order chi connectivity index (χ1) is 21.4. The molecule has 0 spiro atoms. The van der Waals surface area contributed by atoms with Crippen LogP contribution in [0.4, 0.5) is 0 Å². The van der Waals surface area contributed by atoms with Crippen LogP contribution in [0.2, 0.25) is 0 Å². The number of hydrogen-bond acceptors (Lipinski definition) is 9. The Kier molecular flexibility index (Phi) is 6.80. The smallest absolute Gasteiger partial charge is 0.236 e. The van der Waals surface area contributed by atoms with Gasteiger partial charge in [0.2, 0.25) is 17.7 Å². The van der Waals surface area contributed by atoms with Gasteiger partial charge in [0.05, 0.1) is 16.6 Å². The molecule has 1 aromatic carbocycles. The highest BCUT2D eigenvalue weighted by molar-refractivity contribution is 5.95. The fraction of sp³-hybridized carbons (Fsp3) is 0.333. The summed E-state index contributed by atoms with van der Waals surface area (Å²) in [5.74, 6) is 1.74. The molecule has 3 aromatic heterocycles. The SMILES string of the molecule is CC1(C)COC(c2ccc(-c3cc(-c4ccc(C5=NC(C)(C)CO5)nc4)cc(-c4ccc(C5=NC(C)(C)CO5)nc4)c3)cn2)=N1. The van der Waals surface area contributed by atoms with E-state index >= 15 is 0 Å². The summed E-state index contributed by atoms with van der Waals surface area (Å²) in [6.07, 6.45) is 5.60. The van der Waals surface area contributed by atoms with E-state index in [9.17, 15) is 0 Å². The van der Waals surface area contributed by atoms with Gasteiger partial charge in [0, 0.05) is 35.3 Å². The van der Waals surface area contributed by atoms with Crippen molar-refractivity contribution in [1.29, 1.82) is 0 Å². The van der Waals surface area contributed by atoms with Crippen LogP contribution in [0, 0.1) is 0 Å². The van der Waals surface area contributed by atoms with Gasteiger partial charge in [-0.3, -0.25) is 15.0 Å². The molecule has 3 aliphatic heterocycles. The Labute approximate surface area is 263 Å². The van der Waals surface area contributed by atoms with Crippen LogP contribution in [0.5, 0.6) is 0 Å². The third-order valence-corrected chi connectivity index (χ3v) is 7.78. The van der Waals surface area contributed by atoms with Gasteiger partial charge in [0.25, 0.3) is 0 Å². The normalized spacial score (nSPS) is 19.2. The third-order valence-electron chi connectivity index (χ3n) is 7.78. The van der Waals surface area contributed by atoms with Gasteiger partial charge < -0.3 is 14.2 Å². The van der Waals surface area contributed by atoms with Gasteiger partial charge in [-0.05, 0) is 94.6 Å². The molecule has 0 atom stereocenters. The summed E-state index contributed by atoms with van der Waals surface area (Å²) in [6.45, 7) is 13.9. The summed E-state index contributed by atoms with van der Waals surface area (Å²) >= 11 is 0. The third kappa shape index (κ3) is 6.07. The van der Waals surface area contributed by atoms with Gasteiger partial charge in [-0.25, -0.2) is 15.0 Å². The Bertz CT molecular complexity index is 1620. The molecule has 4 aromatic rings. The highest BCUT2D eigenvalue weighted by Gasteiger charge is 2.29. The number of ether oxygens (including phenoxy) is 3. The first-order valence-electron chi connectivity index (χ1n) is 15.2. The van der Waals surface area contributed by atoms with Crippen molar-refractivity contribution in [3.63, 3.8) is 0 Å². The minimum absolute atomic E-state index is 0.245. The van der Waals surface area contributed by atoms with E-state index in [-0.39, 0.29) is 16.6 Å². The molecule has 0 aliphatic carbocycles. The molecule has 3 aliphatic rings. The van der Waals surface area contributed by atoms with Crippen molar-refractivity contribution >= 4 is 17.7 Å². The monoisotopic (exact) mass is 600 g/mol. The summed E-state index contributed by atoms with van der Waals surface area (Å²) in [6, 6.07) is 18.5. The molecule has 0 N–H and O–H groups in total. The molecule has 0 unspecified atom stereocenters. The predicted octanol–water partition coefficient (Wildman–Crippen LogP) is 6.54. The molecule has 6 heterocycles. The molecule has 9 heteroatoms. The van der Waals surface area contributed by atoms with Crippen molar-refractivity contribution < 1.29 is 14.2 Å². The van der Waals surface area contributed by atoms with Crippen LogP contribution in [0.25, 0.3) is 33.4 Å². The minimum atomic E-state index is -0.245. The van der Waals surface area contributed by atoms with E-state index < -0.39 is 0 Å². The average Bonchev–Trinajstić information content (AvgIpc) is 3.71. The summed E-state index contributed by atoms with van der Waals surface area (Å²) in [7, 11) is 0. The van der Waals surface area contributed by atoms with Crippen molar-refractivity contribution in [2.45, 2.75) is 58.2 Å². The number of nitrogens with zero attached hydrogens (tertiary/aromatic N) is 6. The summed E-state index contributed by atoms with van der Waals surface area (Å²) in [5, 5.41) is 0. The van der Waals surface area contributed by atoms with Crippen molar-refractivity contribution in [2.75, 3.05) is 19.8 Å². The van der Waals surface area contributed by atoms with Crippen molar-refractivity contribution in [1.82, 2.24) is 15.0 Å². The minimum Gasteiger partial charge on any atom is -0.474 e. The molecule has 7 rings (SSSR count). The van der Waals surface area contributed by atoms with E-state index in [1.165, 1.54) is 0 Å². The molecule has 228 valence electrons.